The van der Waals surface area contributed by atoms with Crippen molar-refractivity contribution >= 4 is 17.9 Å². The van der Waals surface area contributed by atoms with E-state index in [4.69, 9.17) is 14.2 Å². The van der Waals surface area contributed by atoms with E-state index in [1.807, 2.05) is 0 Å². The van der Waals surface area contributed by atoms with Gasteiger partial charge in [0.25, 0.3) is 0 Å². The van der Waals surface area contributed by atoms with E-state index in [0.29, 0.717) is 12.8 Å². The van der Waals surface area contributed by atoms with Crippen LogP contribution in [0.5, 0.6) is 0 Å². The van der Waals surface area contributed by atoms with Gasteiger partial charge in [-0.2, -0.15) is 0 Å². The van der Waals surface area contributed by atoms with E-state index in [0.717, 1.165) is 193 Å². The molecule has 0 aliphatic heterocycles. The molecule has 0 aromatic carbocycles. The molecule has 0 bridgehead atoms. The SMILES string of the molecule is CCCCCC(O)C/C=C/CCCCCCCCC(=O)OCC(COC(=O)CCCCCCCC/C=C/CC(O)CCCCC)OC(=O)CCCCCCCC/C=C/CC(O)CCCCC. The maximum absolute atomic E-state index is 12.8. The topological polar surface area (TPSA) is 140 Å². The Kier molecular flexibility index (Phi) is 48.5. The van der Waals surface area contributed by atoms with E-state index in [-0.39, 0.29) is 55.9 Å². The van der Waals surface area contributed by atoms with Gasteiger partial charge in [-0.15, -0.1) is 0 Å². The molecule has 3 atom stereocenters. The molecular formula is C57H104O9. The van der Waals surface area contributed by atoms with Crippen molar-refractivity contribution in [2.75, 3.05) is 13.2 Å². The summed E-state index contributed by atoms with van der Waals surface area (Å²) in [5.41, 5.74) is 0. The fourth-order valence-electron chi connectivity index (χ4n) is 7.95. The predicted molar refractivity (Wildman–Crippen MR) is 274 cm³/mol. The molecule has 0 fully saturated rings. The van der Waals surface area contributed by atoms with Crippen molar-refractivity contribution in [3.8, 4) is 0 Å². The molecule has 0 aromatic rings. The molecular weight excluding hydrogens is 829 g/mol. The smallest absolute Gasteiger partial charge is 0.306 e. The first kappa shape index (κ1) is 63.5. The third-order valence-corrected chi connectivity index (χ3v) is 12.3. The first-order valence-corrected chi connectivity index (χ1v) is 27.7. The molecule has 0 saturated carbocycles. The highest BCUT2D eigenvalue weighted by Gasteiger charge is 2.19. The third-order valence-electron chi connectivity index (χ3n) is 12.3. The normalized spacial score (nSPS) is 13.7. The third kappa shape index (κ3) is 48.0. The quantitative estimate of drug-likeness (QED) is 0.0235. The van der Waals surface area contributed by atoms with E-state index in [1.54, 1.807) is 0 Å². The predicted octanol–water partition coefficient (Wildman–Crippen LogP) is 15.0. The molecule has 66 heavy (non-hydrogen) atoms. The second-order valence-corrected chi connectivity index (χ2v) is 19.0. The minimum Gasteiger partial charge on any atom is -0.462 e. The summed E-state index contributed by atoms with van der Waals surface area (Å²) in [6.45, 7) is 6.29. The van der Waals surface area contributed by atoms with Gasteiger partial charge in [-0.1, -0.05) is 192 Å². The number of rotatable bonds is 50. The Bertz CT molecular complexity index is 1110. The number of hydrogen-bond donors (Lipinski definition) is 3. The highest BCUT2D eigenvalue weighted by atomic mass is 16.6. The standard InChI is InChI=1S/C57H104O9/c1-4-7-31-40-51(58)43-34-25-19-13-10-16-22-28-37-46-55(61)64-49-54(66-57(63)48-39-30-24-18-12-15-21-27-36-45-53(60)42-33-9-6-3)50-65-56(62)47-38-29-23-17-11-14-20-26-35-44-52(59)41-32-8-5-2/h25-27,34-36,51-54,58-60H,4-24,28-33,37-50H2,1-3H3/b34-25+,35-26+,36-27+. The number of aliphatic hydroxyl groups excluding tert-OH is 3. The Balaban J connectivity index is 4.48. The molecule has 0 spiro atoms. The molecule has 3 N–H and O–H groups in total. The summed E-state index contributed by atoms with van der Waals surface area (Å²) in [5.74, 6) is -1.01. The number of ether oxygens (including phenoxy) is 3. The highest BCUT2D eigenvalue weighted by molar-refractivity contribution is 5.71. The zero-order chi connectivity index (χ0) is 48.4. The molecule has 3 unspecified atom stereocenters. The lowest BCUT2D eigenvalue weighted by molar-refractivity contribution is -0.167. The number of hydrogen-bond acceptors (Lipinski definition) is 9. The Labute approximate surface area is 405 Å². The van der Waals surface area contributed by atoms with Crippen LogP contribution >= 0.6 is 0 Å². The molecule has 9 heteroatoms. The van der Waals surface area contributed by atoms with Crippen LogP contribution in [-0.2, 0) is 28.6 Å². The zero-order valence-electron chi connectivity index (χ0n) is 43.1. The number of allylic oxidation sites excluding steroid dienone is 3. The minimum absolute atomic E-state index is 0.123. The first-order valence-electron chi connectivity index (χ1n) is 27.7. The van der Waals surface area contributed by atoms with E-state index in [2.05, 4.69) is 57.2 Å². The van der Waals surface area contributed by atoms with Gasteiger partial charge in [-0.05, 0) is 96.3 Å². The average molecular weight is 933 g/mol. The van der Waals surface area contributed by atoms with Gasteiger partial charge in [0.15, 0.2) is 6.10 Å². The Hall–Kier alpha value is -2.49. The zero-order valence-corrected chi connectivity index (χ0v) is 43.1. The molecule has 9 nitrogen and oxygen atoms in total. The molecule has 0 rings (SSSR count). The van der Waals surface area contributed by atoms with Crippen LogP contribution < -0.4 is 0 Å². The molecule has 0 aliphatic carbocycles. The summed E-state index contributed by atoms with van der Waals surface area (Å²) in [6.07, 6.45) is 49.1. The van der Waals surface area contributed by atoms with Crippen LogP contribution in [0, 0.1) is 0 Å². The number of unbranched alkanes of at least 4 members (excludes halogenated alkanes) is 24. The molecule has 386 valence electrons. The summed E-state index contributed by atoms with van der Waals surface area (Å²) in [7, 11) is 0. The van der Waals surface area contributed by atoms with Crippen LogP contribution in [-0.4, -0.2) is 70.9 Å². The summed E-state index contributed by atoms with van der Waals surface area (Å²) in [4.78, 5) is 38.1. The van der Waals surface area contributed by atoms with Gasteiger partial charge in [-0.25, -0.2) is 0 Å². The van der Waals surface area contributed by atoms with E-state index < -0.39 is 6.10 Å². The van der Waals surface area contributed by atoms with Crippen LogP contribution in [0.4, 0.5) is 0 Å². The number of carbonyl (C=O) groups is 3. The molecule has 0 saturated heterocycles. The van der Waals surface area contributed by atoms with Crippen molar-refractivity contribution in [2.45, 2.75) is 296 Å². The van der Waals surface area contributed by atoms with Gasteiger partial charge >= 0.3 is 17.9 Å². The lowest BCUT2D eigenvalue weighted by Crippen LogP contribution is -2.30. The second kappa shape index (κ2) is 50.4. The fraction of sp³-hybridized carbons (Fsp3) is 0.842. The highest BCUT2D eigenvalue weighted by Crippen LogP contribution is 2.15. The van der Waals surface area contributed by atoms with E-state index in [9.17, 15) is 29.7 Å². The van der Waals surface area contributed by atoms with Crippen molar-refractivity contribution in [3.05, 3.63) is 36.5 Å². The average Bonchev–Trinajstić information content (AvgIpc) is 3.30. The Morgan fingerprint density at radius 3 is 0.970 bits per heavy atom. The van der Waals surface area contributed by atoms with E-state index in [1.165, 1.54) is 38.5 Å². The monoisotopic (exact) mass is 933 g/mol. The summed E-state index contributed by atoms with van der Waals surface area (Å²) >= 11 is 0. The Morgan fingerprint density at radius 2 is 0.652 bits per heavy atom. The van der Waals surface area contributed by atoms with Crippen LogP contribution in [0.1, 0.15) is 271 Å². The van der Waals surface area contributed by atoms with Crippen LogP contribution in [0.25, 0.3) is 0 Å². The summed E-state index contributed by atoms with van der Waals surface area (Å²) in [6, 6.07) is 0. The van der Waals surface area contributed by atoms with Gasteiger partial charge in [0.1, 0.15) is 13.2 Å². The largest absolute Gasteiger partial charge is 0.462 e. The fourth-order valence-corrected chi connectivity index (χ4v) is 7.95. The molecule has 0 radical (unpaired) electrons. The molecule has 0 aromatic heterocycles. The minimum atomic E-state index is -0.826. The molecule has 0 aliphatic rings. The van der Waals surface area contributed by atoms with Gasteiger partial charge in [0.05, 0.1) is 18.3 Å². The number of esters is 3. The van der Waals surface area contributed by atoms with Gasteiger partial charge < -0.3 is 29.5 Å². The number of aliphatic hydroxyl groups is 3. The van der Waals surface area contributed by atoms with E-state index >= 15 is 0 Å². The van der Waals surface area contributed by atoms with Crippen molar-refractivity contribution in [1.29, 1.82) is 0 Å². The van der Waals surface area contributed by atoms with Gasteiger partial charge in [0.2, 0.25) is 0 Å². The van der Waals surface area contributed by atoms with Crippen LogP contribution in [0.15, 0.2) is 36.5 Å². The van der Waals surface area contributed by atoms with Crippen molar-refractivity contribution in [3.63, 3.8) is 0 Å². The molecule has 0 heterocycles. The summed E-state index contributed by atoms with van der Waals surface area (Å²) in [5, 5.41) is 30.1. The molecule has 0 amide bonds. The lowest BCUT2D eigenvalue weighted by Gasteiger charge is -2.18. The lowest BCUT2D eigenvalue weighted by atomic mass is 10.1. The van der Waals surface area contributed by atoms with Crippen molar-refractivity contribution < 1.29 is 43.9 Å². The van der Waals surface area contributed by atoms with Crippen molar-refractivity contribution in [2.24, 2.45) is 0 Å². The first-order chi connectivity index (χ1) is 32.2. The van der Waals surface area contributed by atoms with Crippen LogP contribution in [0.3, 0.4) is 0 Å². The van der Waals surface area contributed by atoms with Crippen molar-refractivity contribution in [1.82, 2.24) is 0 Å². The van der Waals surface area contributed by atoms with Gasteiger partial charge in [0, 0.05) is 19.3 Å². The van der Waals surface area contributed by atoms with Crippen LogP contribution in [0.2, 0.25) is 0 Å². The Morgan fingerprint density at radius 1 is 0.364 bits per heavy atom. The second-order valence-electron chi connectivity index (χ2n) is 19.0. The van der Waals surface area contributed by atoms with Gasteiger partial charge in [-0.3, -0.25) is 14.4 Å². The summed E-state index contributed by atoms with van der Waals surface area (Å²) < 4.78 is 16.8. The number of carbonyl (C=O) groups excluding carboxylic acids is 3. The maximum Gasteiger partial charge on any atom is 0.306 e. The maximum atomic E-state index is 12.8.